The molecule has 0 atom stereocenters. The molecule has 0 amide bonds. The van der Waals surface area contributed by atoms with Gasteiger partial charge in [-0.3, -0.25) is 0 Å². The molecule has 0 unspecified atom stereocenters. The van der Waals surface area contributed by atoms with Gasteiger partial charge in [0.1, 0.15) is 5.60 Å². The van der Waals surface area contributed by atoms with E-state index in [0.717, 1.165) is 11.1 Å². The van der Waals surface area contributed by atoms with Crippen LogP contribution in [0.1, 0.15) is 54.9 Å². The Hall–Kier alpha value is -1.34. The highest BCUT2D eigenvalue weighted by Gasteiger charge is 2.31. The summed E-state index contributed by atoms with van der Waals surface area (Å²) >= 11 is 0. The van der Waals surface area contributed by atoms with Crippen molar-refractivity contribution in [2.45, 2.75) is 66.1 Å². The second-order valence-electron chi connectivity index (χ2n) is 6.72. The predicted octanol–water partition coefficient (Wildman–Crippen LogP) is 2.60. The third-order valence-corrected chi connectivity index (χ3v) is 3.05. The second kappa shape index (κ2) is 7.29. The maximum atomic E-state index is 12.0. The van der Waals surface area contributed by atoms with Gasteiger partial charge in [0.25, 0.3) is 0 Å². The number of carbonyl (C=O) groups excluding carboxylic acids is 1. The van der Waals surface area contributed by atoms with Crippen LogP contribution in [0.3, 0.4) is 0 Å². The van der Waals surface area contributed by atoms with E-state index in [1.165, 1.54) is 0 Å². The molecule has 1 heterocycles. The Bertz CT molecular complexity index is 494. The first-order chi connectivity index (χ1) is 10.1. The summed E-state index contributed by atoms with van der Waals surface area (Å²) in [6.45, 7) is 13.9. The number of hydrogen-bond acceptors (Lipinski definition) is 5. The average molecular weight is 310 g/mol. The van der Waals surface area contributed by atoms with Crippen molar-refractivity contribution in [3.8, 4) is 0 Å². The summed E-state index contributed by atoms with van der Waals surface area (Å²) in [6, 6.07) is 0. The molecular weight excluding hydrogens is 283 g/mol. The van der Waals surface area contributed by atoms with E-state index in [1.807, 2.05) is 48.5 Å². The number of aromatic nitrogens is 2. The van der Waals surface area contributed by atoms with Crippen LogP contribution in [-0.4, -0.2) is 40.8 Å². The van der Waals surface area contributed by atoms with Crippen molar-refractivity contribution >= 4 is 18.7 Å². The summed E-state index contributed by atoms with van der Waals surface area (Å²) in [4.78, 5) is 12.0. The van der Waals surface area contributed by atoms with Crippen molar-refractivity contribution in [2.75, 3.05) is 6.61 Å². The lowest BCUT2D eigenvalue weighted by Gasteiger charge is -2.27. The Balaban J connectivity index is 2.88. The molecule has 0 saturated carbocycles. The van der Waals surface area contributed by atoms with E-state index in [2.05, 4.69) is 5.10 Å². The van der Waals surface area contributed by atoms with Crippen LogP contribution in [0.15, 0.2) is 12.4 Å². The first kappa shape index (κ1) is 18.7. The summed E-state index contributed by atoms with van der Waals surface area (Å²) < 4.78 is 18.1. The number of rotatable bonds is 6. The van der Waals surface area contributed by atoms with Gasteiger partial charge in [-0.15, -0.1) is 0 Å². The molecule has 0 aliphatic heterocycles. The van der Waals surface area contributed by atoms with Crippen molar-refractivity contribution in [3.63, 3.8) is 0 Å². The molecule has 0 radical (unpaired) electrons. The Morgan fingerprint density at radius 3 is 2.41 bits per heavy atom. The fourth-order valence-electron chi connectivity index (χ4n) is 1.59. The molecule has 0 bridgehead atoms. The lowest BCUT2D eigenvalue weighted by Crippen LogP contribution is -2.43. The molecule has 1 rings (SSSR count). The van der Waals surface area contributed by atoms with Gasteiger partial charge in [-0.05, 0) is 48.0 Å². The van der Waals surface area contributed by atoms with Crippen LogP contribution < -0.4 is 5.46 Å². The highest BCUT2D eigenvalue weighted by Crippen LogP contribution is 2.15. The van der Waals surface area contributed by atoms with Gasteiger partial charge in [-0.25, -0.2) is 4.79 Å². The van der Waals surface area contributed by atoms with Gasteiger partial charge >= 0.3 is 13.2 Å². The number of nitrogens with zero attached hydrogens (tertiary/aromatic N) is 2. The molecule has 0 N–H and O–H groups in total. The molecule has 22 heavy (non-hydrogen) atoms. The van der Waals surface area contributed by atoms with Gasteiger partial charge < -0.3 is 14.0 Å². The van der Waals surface area contributed by atoms with Crippen LogP contribution in [0, 0.1) is 0 Å². The minimum Gasteiger partial charge on any atom is -0.442 e. The maximum Gasteiger partial charge on any atom is 0.497 e. The van der Waals surface area contributed by atoms with E-state index >= 15 is 0 Å². The molecule has 0 aliphatic rings. The first-order valence-electron chi connectivity index (χ1n) is 7.65. The highest BCUT2D eigenvalue weighted by atomic mass is 16.6. The van der Waals surface area contributed by atoms with Crippen LogP contribution in [0.5, 0.6) is 0 Å². The summed E-state index contributed by atoms with van der Waals surface area (Å²) in [5.41, 5.74) is -0.203. The topological polar surface area (TPSA) is 62.6 Å². The average Bonchev–Trinajstić information content (AvgIpc) is 2.85. The van der Waals surface area contributed by atoms with Crippen LogP contribution in [0.4, 0.5) is 4.79 Å². The molecule has 1 aromatic rings. The monoisotopic (exact) mass is 310 g/mol. The van der Waals surface area contributed by atoms with Crippen LogP contribution in [-0.2, 0) is 14.0 Å². The van der Waals surface area contributed by atoms with E-state index in [1.54, 1.807) is 12.4 Å². The standard InChI is InChI=1S/C15H27BN2O4/c1-8-15(6,7)22-16(20-9-2)12-10-17-18(11-12)13(19)21-14(3,4)5/h10-11H,8-9H2,1-7H3. The van der Waals surface area contributed by atoms with Gasteiger partial charge in [0.2, 0.25) is 0 Å². The fraction of sp³-hybridized carbons (Fsp3) is 0.733. The van der Waals surface area contributed by atoms with Crippen molar-refractivity contribution in [1.82, 2.24) is 9.78 Å². The Morgan fingerprint density at radius 2 is 1.91 bits per heavy atom. The van der Waals surface area contributed by atoms with Gasteiger partial charge in [0.05, 0.1) is 0 Å². The molecule has 0 aliphatic carbocycles. The van der Waals surface area contributed by atoms with Gasteiger partial charge in [-0.2, -0.15) is 9.78 Å². The summed E-state index contributed by atoms with van der Waals surface area (Å²) in [7, 11) is -0.559. The van der Waals surface area contributed by atoms with Gasteiger partial charge in [-0.1, -0.05) is 6.92 Å². The quantitative estimate of drug-likeness (QED) is 0.756. The Morgan fingerprint density at radius 1 is 1.27 bits per heavy atom. The number of carbonyl (C=O) groups is 1. The Labute approximate surface area is 133 Å². The minimum atomic E-state index is -0.566. The van der Waals surface area contributed by atoms with Gasteiger partial charge in [0.15, 0.2) is 0 Å². The van der Waals surface area contributed by atoms with Crippen molar-refractivity contribution in [3.05, 3.63) is 12.4 Å². The largest absolute Gasteiger partial charge is 0.497 e. The van der Waals surface area contributed by atoms with E-state index in [-0.39, 0.29) is 5.60 Å². The lowest BCUT2D eigenvalue weighted by molar-refractivity contribution is 0.0514. The highest BCUT2D eigenvalue weighted by molar-refractivity contribution is 6.61. The molecule has 0 aromatic carbocycles. The molecule has 0 fully saturated rings. The summed E-state index contributed by atoms with van der Waals surface area (Å²) in [5.74, 6) is 0. The minimum absolute atomic E-state index is 0.326. The third-order valence-electron chi connectivity index (χ3n) is 3.05. The zero-order chi connectivity index (χ0) is 17.0. The summed E-state index contributed by atoms with van der Waals surface area (Å²) in [6.07, 6.45) is 3.47. The number of hydrogen-bond donors (Lipinski definition) is 0. The lowest BCUT2D eigenvalue weighted by atomic mass is 9.80. The van der Waals surface area contributed by atoms with E-state index < -0.39 is 18.8 Å². The second-order valence-corrected chi connectivity index (χ2v) is 6.72. The molecular formula is C15H27BN2O4. The fourth-order valence-corrected chi connectivity index (χ4v) is 1.59. The maximum absolute atomic E-state index is 12.0. The zero-order valence-corrected chi connectivity index (χ0v) is 14.7. The van der Waals surface area contributed by atoms with Crippen LogP contribution >= 0.6 is 0 Å². The molecule has 0 saturated heterocycles. The Kier molecular flexibility index (Phi) is 6.20. The summed E-state index contributed by atoms with van der Waals surface area (Å²) in [5, 5.41) is 4.04. The van der Waals surface area contributed by atoms with Crippen LogP contribution in [0.2, 0.25) is 0 Å². The van der Waals surface area contributed by atoms with Gasteiger partial charge in [0, 0.05) is 30.1 Å². The van der Waals surface area contributed by atoms with E-state index in [4.69, 9.17) is 14.0 Å². The third kappa shape index (κ3) is 5.81. The smallest absolute Gasteiger partial charge is 0.442 e. The molecule has 0 spiro atoms. The number of ether oxygens (including phenoxy) is 1. The van der Waals surface area contributed by atoms with Crippen molar-refractivity contribution in [1.29, 1.82) is 0 Å². The predicted molar refractivity (Wildman–Crippen MR) is 86.3 cm³/mol. The first-order valence-corrected chi connectivity index (χ1v) is 7.65. The normalized spacial score (nSPS) is 12.3. The van der Waals surface area contributed by atoms with Crippen molar-refractivity contribution in [2.24, 2.45) is 0 Å². The molecule has 7 heteroatoms. The van der Waals surface area contributed by atoms with E-state index in [0.29, 0.717) is 12.1 Å². The molecule has 6 nitrogen and oxygen atoms in total. The van der Waals surface area contributed by atoms with E-state index in [9.17, 15) is 4.79 Å². The molecule has 1 aromatic heterocycles. The SMILES string of the molecule is CCOB(OC(C)(C)CC)c1cnn(C(=O)OC(C)(C)C)c1. The molecule has 124 valence electrons. The zero-order valence-electron chi connectivity index (χ0n) is 14.7. The van der Waals surface area contributed by atoms with Crippen LogP contribution in [0.25, 0.3) is 0 Å². The van der Waals surface area contributed by atoms with Crippen molar-refractivity contribution < 1.29 is 18.8 Å².